The van der Waals surface area contributed by atoms with Crippen LogP contribution in [0.1, 0.15) is 38.9 Å². The summed E-state index contributed by atoms with van der Waals surface area (Å²) in [5.74, 6) is 0.750. The van der Waals surface area contributed by atoms with Crippen LogP contribution in [-0.2, 0) is 6.54 Å². The third-order valence-corrected chi connectivity index (χ3v) is 6.33. The Kier molecular flexibility index (Phi) is 4.60. The Morgan fingerprint density at radius 2 is 1.77 bits per heavy atom. The number of nitro groups is 1. The summed E-state index contributed by atoms with van der Waals surface area (Å²) < 4.78 is 16.8. The number of fused-ring (bicyclic) bond motifs is 3. The minimum atomic E-state index is -0.773. The van der Waals surface area contributed by atoms with E-state index in [2.05, 4.69) is 0 Å². The molecule has 1 amide bonds. The highest BCUT2D eigenvalue weighted by molar-refractivity contribution is 5.99. The van der Waals surface area contributed by atoms with Crippen LogP contribution in [0.5, 0.6) is 11.5 Å². The molecule has 2 aliphatic heterocycles. The standard InChI is InChI=1S/C26H18N2O7/c1-14-2-8-19-18(10-14)24(29)22-23(16-4-6-17(7-5-16)28(31)32)27(26(30)25(22)35-19)12-15-3-9-20-21(11-15)34-13-33-20/h2-11,23H,12-13H2,1H3. The van der Waals surface area contributed by atoms with Crippen LogP contribution in [0.15, 0.2) is 69.9 Å². The SMILES string of the molecule is Cc1ccc2oc3c(c(=O)c2c1)C(c1ccc([N+](=O)[O-])cc1)N(Cc1ccc2c(c1)OCO2)C3=O. The summed E-state index contributed by atoms with van der Waals surface area (Å²) in [7, 11) is 0. The fourth-order valence-electron chi connectivity index (χ4n) is 4.66. The van der Waals surface area contributed by atoms with Crippen molar-refractivity contribution in [2.75, 3.05) is 6.79 Å². The van der Waals surface area contributed by atoms with E-state index in [4.69, 9.17) is 13.9 Å². The molecule has 1 atom stereocenters. The molecule has 6 rings (SSSR count). The first kappa shape index (κ1) is 20.9. The van der Waals surface area contributed by atoms with Crippen LogP contribution in [-0.4, -0.2) is 22.5 Å². The Bertz CT molecular complexity index is 1590. The molecular formula is C26H18N2O7. The van der Waals surface area contributed by atoms with Gasteiger partial charge in [-0.15, -0.1) is 0 Å². The lowest BCUT2D eigenvalue weighted by molar-refractivity contribution is -0.384. The van der Waals surface area contributed by atoms with Gasteiger partial charge in [-0.2, -0.15) is 0 Å². The molecule has 9 nitrogen and oxygen atoms in total. The summed E-state index contributed by atoms with van der Waals surface area (Å²) in [5.41, 5.74) is 2.41. The fraction of sp³-hybridized carbons (Fsp3) is 0.154. The van der Waals surface area contributed by atoms with Crippen LogP contribution in [0.4, 0.5) is 5.69 Å². The first-order valence-electron chi connectivity index (χ1n) is 10.9. The Morgan fingerprint density at radius 3 is 2.54 bits per heavy atom. The van der Waals surface area contributed by atoms with Gasteiger partial charge in [0.25, 0.3) is 11.6 Å². The van der Waals surface area contributed by atoms with E-state index in [9.17, 15) is 19.7 Å². The molecule has 0 bridgehead atoms. The van der Waals surface area contributed by atoms with E-state index in [0.29, 0.717) is 28.0 Å². The number of carbonyl (C=O) groups is 1. The third kappa shape index (κ3) is 3.31. The van der Waals surface area contributed by atoms with Gasteiger partial charge in [0.15, 0.2) is 16.9 Å². The van der Waals surface area contributed by atoms with Gasteiger partial charge < -0.3 is 18.8 Å². The Labute approximate surface area is 198 Å². The molecule has 4 aromatic rings. The van der Waals surface area contributed by atoms with Gasteiger partial charge in [-0.25, -0.2) is 0 Å². The second-order valence-corrected chi connectivity index (χ2v) is 8.55. The molecule has 2 aliphatic rings. The topological polar surface area (TPSA) is 112 Å². The molecule has 0 radical (unpaired) electrons. The summed E-state index contributed by atoms with van der Waals surface area (Å²) in [5, 5.41) is 11.6. The van der Waals surface area contributed by atoms with Crippen LogP contribution in [0.25, 0.3) is 11.0 Å². The van der Waals surface area contributed by atoms with Crippen LogP contribution >= 0.6 is 0 Å². The van der Waals surface area contributed by atoms with Crippen LogP contribution in [0, 0.1) is 17.0 Å². The molecule has 0 spiro atoms. The van der Waals surface area contributed by atoms with E-state index in [1.807, 2.05) is 19.1 Å². The molecule has 3 heterocycles. The number of non-ortho nitro benzene ring substituents is 1. The fourth-order valence-corrected chi connectivity index (χ4v) is 4.66. The summed E-state index contributed by atoms with van der Waals surface area (Å²) in [4.78, 5) is 39.4. The van der Waals surface area contributed by atoms with Crippen molar-refractivity contribution in [3.05, 3.63) is 109 Å². The van der Waals surface area contributed by atoms with Crippen molar-refractivity contribution in [3.63, 3.8) is 0 Å². The zero-order chi connectivity index (χ0) is 24.3. The lowest BCUT2D eigenvalue weighted by atomic mass is 9.97. The molecule has 3 aromatic carbocycles. The number of hydrogen-bond donors (Lipinski definition) is 0. The highest BCUT2D eigenvalue weighted by Crippen LogP contribution is 2.40. The molecule has 1 unspecified atom stereocenters. The molecule has 0 saturated carbocycles. The predicted molar refractivity (Wildman–Crippen MR) is 125 cm³/mol. The van der Waals surface area contributed by atoms with E-state index in [0.717, 1.165) is 11.1 Å². The van der Waals surface area contributed by atoms with Crippen LogP contribution < -0.4 is 14.9 Å². The van der Waals surface area contributed by atoms with Gasteiger partial charge in [0.1, 0.15) is 5.58 Å². The van der Waals surface area contributed by atoms with E-state index < -0.39 is 16.9 Å². The first-order chi connectivity index (χ1) is 16.9. The van der Waals surface area contributed by atoms with Gasteiger partial charge >= 0.3 is 0 Å². The highest BCUT2D eigenvalue weighted by Gasteiger charge is 2.43. The average molecular weight is 470 g/mol. The zero-order valence-electron chi connectivity index (χ0n) is 18.5. The Balaban J connectivity index is 1.51. The number of hydrogen-bond acceptors (Lipinski definition) is 7. The van der Waals surface area contributed by atoms with Gasteiger partial charge in [0, 0.05) is 18.7 Å². The number of aryl methyl sites for hydroxylation is 1. The smallest absolute Gasteiger partial charge is 0.291 e. The van der Waals surface area contributed by atoms with E-state index in [1.165, 1.54) is 12.1 Å². The molecule has 9 heteroatoms. The molecular weight excluding hydrogens is 452 g/mol. The summed E-state index contributed by atoms with van der Waals surface area (Å²) in [6.45, 7) is 2.16. The maximum atomic E-state index is 13.6. The molecule has 1 aromatic heterocycles. The summed E-state index contributed by atoms with van der Waals surface area (Å²) >= 11 is 0. The predicted octanol–water partition coefficient (Wildman–Crippen LogP) is 4.48. The Hall–Kier alpha value is -4.66. The van der Waals surface area contributed by atoms with Crippen molar-refractivity contribution in [2.45, 2.75) is 19.5 Å². The quantitative estimate of drug-likeness (QED) is 0.319. The van der Waals surface area contributed by atoms with Gasteiger partial charge in [-0.05, 0) is 54.4 Å². The Morgan fingerprint density at radius 1 is 1.00 bits per heavy atom. The molecule has 0 saturated heterocycles. The largest absolute Gasteiger partial charge is 0.454 e. The van der Waals surface area contributed by atoms with Gasteiger partial charge in [0.05, 0.1) is 21.9 Å². The first-order valence-corrected chi connectivity index (χ1v) is 10.9. The number of amides is 1. The van der Waals surface area contributed by atoms with Crippen molar-refractivity contribution in [1.29, 1.82) is 0 Å². The number of benzene rings is 3. The van der Waals surface area contributed by atoms with Gasteiger partial charge in [-0.3, -0.25) is 19.7 Å². The number of rotatable bonds is 4. The molecule has 0 fully saturated rings. The maximum absolute atomic E-state index is 13.6. The summed E-state index contributed by atoms with van der Waals surface area (Å²) in [6, 6.07) is 15.7. The third-order valence-electron chi connectivity index (χ3n) is 6.33. The van der Waals surface area contributed by atoms with Crippen molar-refractivity contribution in [3.8, 4) is 11.5 Å². The van der Waals surface area contributed by atoms with Crippen molar-refractivity contribution >= 4 is 22.6 Å². The normalized spacial score (nSPS) is 16.1. The number of carbonyl (C=O) groups excluding carboxylic acids is 1. The lowest BCUT2D eigenvalue weighted by Gasteiger charge is -2.25. The van der Waals surface area contributed by atoms with E-state index in [1.54, 1.807) is 41.3 Å². The van der Waals surface area contributed by atoms with E-state index in [-0.39, 0.29) is 35.8 Å². The minimum Gasteiger partial charge on any atom is -0.454 e. The highest BCUT2D eigenvalue weighted by atomic mass is 16.7. The average Bonchev–Trinajstić information content (AvgIpc) is 3.43. The van der Waals surface area contributed by atoms with Crippen molar-refractivity contribution in [2.24, 2.45) is 0 Å². The number of nitro benzene ring substituents is 1. The van der Waals surface area contributed by atoms with E-state index >= 15 is 0 Å². The van der Waals surface area contributed by atoms with Crippen molar-refractivity contribution in [1.82, 2.24) is 4.90 Å². The maximum Gasteiger partial charge on any atom is 0.291 e. The van der Waals surface area contributed by atoms with Crippen molar-refractivity contribution < 1.29 is 23.6 Å². The van der Waals surface area contributed by atoms with Crippen LogP contribution in [0.3, 0.4) is 0 Å². The number of nitrogens with zero attached hydrogens (tertiary/aromatic N) is 2. The lowest BCUT2D eigenvalue weighted by Crippen LogP contribution is -2.29. The molecule has 174 valence electrons. The number of ether oxygens (including phenoxy) is 2. The second kappa shape index (κ2) is 7.69. The molecule has 0 N–H and O–H groups in total. The van der Waals surface area contributed by atoms with Gasteiger partial charge in [0.2, 0.25) is 12.6 Å². The zero-order valence-corrected chi connectivity index (χ0v) is 18.5. The minimum absolute atomic E-state index is 0.0181. The monoisotopic (exact) mass is 470 g/mol. The molecule has 0 aliphatic carbocycles. The second-order valence-electron chi connectivity index (χ2n) is 8.55. The van der Waals surface area contributed by atoms with Gasteiger partial charge in [-0.1, -0.05) is 17.7 Å². The molecule has 35 heavy (non-hydrogen) atoms. The van der Waals surface area contributed by atoms with Crippen LogP contribution in [0.2, 0.25) is 0 Å². The summed E-state index contributed by atoms with van der Waals surface area (Å²) in [6.07, 6.45) is 0.